The van der Waals surface area contributed by atoms with Gasteiger partial charge in [-0.2, -0.15) is 0 Å². The molecule has 0 saturated carbocycles. The molecule has 0 amide bonds. The van der Waals surface area contributed by atoms with Gasteiger partial charge in [0.25, 0.3) is 0 Å². The fraction of sp³-hybridized carbons (Fsp3) is 0.500. The molecule has 1 rings (SSSR count). The normalized spacial score (nSPS) is 10.2. The van der Waals surface area contributed by atoms with Gasteiger partial charge in [0, 0.05) is 0 Å². The lowest BCUT2D eigenvalue weighted by Crippen LogP contribution is -2.01. The van der Waals surface area contributed by atoms with E-state index in [-0.39, 0.29) is 0 Å². The van der Waals surface area contributed by atoms with E-state index in [1.165, 1.54) is 11.8 Å². The Balaban J connectivity index is 3.01. The maximum absolute atomic E-state index is 5.58. The molecule has 12 heavy (non-hydrogen) atoms. The molecule has 0 fully saturated rings. The van der Waals surface area contributed by atoms with Gasteiger partial charge >= 0.3 is 0 Å². The Labute approximate surface area is 84.9 Å². The molecular weight excluding hydrogens is 217 g/mol. The topological polar surface area (TPSA) is 38.7 Å². The molecule has 0 radical (unpaired) electrons. The number of hydrogen-bond donors (Lipinski definition) is 0. The Kier molecular flexibility index (Phi) is 4.05. The minimum Gasteiger partial charge on any atom is -0.215 e. The summed E-state index contributed by atoms with van der Waals surface area (Å²) >= 11 is 12.6. The van der Waals surface area contributed by atoms with Crippen LogP contribution in [0.3, 0.4) is 0 Å². The van der Waals surface area contributed by atoms with E-state index in [1.807, 2.05) is 6.26 Å². The minimum absolute atomic E-state index is 0.292. The Bertz CT molecular complexity index is 214. The minimum atomic E-state index is 0.292. The van der Waals surface area contributed by atoms with Gasteiger partial charge in [0.2, 0.25) is 0 Å². The van der Waals surface area contributed by atoms with Gasteiger partial charge in [0.15, 0.2) is 5.16 Å². The molecule has 0 saturated heterocycles. The van der Waals surface area contributed by atoms with Crippen molar-refractivity contribution in [1.29, 1.82) is 0 Å². The summed E-state index contributed by atoms with van der Waals surface area (Å²) < 4.78 is 0. The van der Waals surface area contributed by atoms with Crippen molar-refractivity contribution in [3.63, 3.8) is 0 Å². The average molecular weight is 224 g/mol. The van der Waals surface area contributed by atoms with E-state index in [4.69, 9.17) is 23.2 Å². The zero-order valence-corrected chi connectivity index (χ0v) is 8.75. The summed E-state index contributed by atoms with van der Waals surface area (Å²) in [4.78, 5) is 12.2. The number of aromatic nitrogens is 3. The van der Waals surface area contributed by atoms with Crippen LogP contribution in [0.25, 0.3) is 0 Å². The third-order valence-electron chi connectivity index (χ3n) is 1.13. The lowest BCUT2D eigenvalue weighted by Gasteiger charge is -2.00. The van der Waals surface area contributed by atoms with Crippen LogP contribution >= 0.6 is 35.0 Å². The van der Waals surface area contributed by atoms with Gasteiger partial charge in [-0.15, -0.1) is 23.2 Å². The number of hydrogen-bond acceptors (Lipinski definition) is 4. The van der Waals surface area contributed by atoms with Crippen molar-refractivity contribution < 1.29 is 0 Å². The second kappa shape index (κ2) is 4.84. The molecule has 0 aliphatic carbocycles. The van der Waals surface area contributed by atoms with Crippen molar-refractivity contribution in [2.24, 2.45) is 0 Å². The molecule has 1 heterocycles. The summed E-state index contributed by atoms with van der Waals surface area (Å²) in [6, 6.07) is 0. The van der Waals surface area contributed by atoms with Crippen molar-refractivity contribution >= 4 is 35.0 Å². The van der Waals surface area contributed by atoms with Crippen LogP contribution < -0.4 is 0 Å². The first-order chi connectivity index (χ1) is 5.80. The highest BCUT2D eigenvalue weighted by atomic mass is 35.5. The van der Waals surface area contributed by atoms with Gasteiger partial charge in [-0.05, 0) is 6.26 Å². The van der Waals surface area contributed by atoms with E-state index in [0.29, 0.717) is 28.6 Å². The quantitative estimate of drug-likeness (QED) is 0.582. The summed E-state index contributed by atoms with van der Waals surface area (Å²) in [5.41, 5.74) is 0. The molecule has 0 bridgehead atoms. The van der Waals surface area contributed by atoms with Crippen LogP contribution in [0.4, 0.5) is 0 Å². The predicted octanol–water partition coefficient (Wildman–Crippen LogP) is 2.07. The van der Waals surface area contributed by atoms with Gasteiger partial charge in [-0.1, -0.05) is 11.8 Å². The zero-order chi connectivity index (χ0) is 8.97. The third kappa shape index (κ3) is 2.47. The van der Waals surface area contributed by atoms with Crippen LogP contribution in [0.2, 0.25) is 0 Å². The molecule has 1 aromatic heterocycles. The number of rotatable bonds is 3. The van der Waals surface area contributed by atoms with Gasteiger partial charge in [-0.3, -0.25) is 0 Å². The molecule has 0 aliphatic rings. The van der Waals surface area contributed by atoms with Crippen molar-refractivity contribution in [3.05, 3.63) is 11.6 Å². The number of thioether (sulfide) groups is 1. The predicted molar refractivity (Wildman–Crippen MR) is 50.7 cm³/mol. The molecule has 0 aromatic carbocycles. The summed E-state index contributed by atoms with van der Waals surface area (Å²) in [5.74, 6) is 1.73. The highest BCUT2D eigenvalue weighted by Crippen LogP contribution is 2.10. The van der Waals surface area contributed by atoms with Crippen LogP contribution in [-0.2, 0) is 11.8 Å². The monoisotopic (exact) mass is 223 g/mol. The van der Waals surface area contributed by atoms with E-state index in [2.05, 4.69) is 15.0 Å². The largest absolute Gasteiger partial charge is 0.215 e. The lowest BCUT2D eigenvalue weighted by atomic mass is 10.6. The highest BCUT2D eigenvalue weighted by Gasteiger charge is 2.03. The fourth-order valence-electron chi connectivity index (χ4n) is 0.656. The zero-order valence-electron chi connectivity index (χ0n) is 6.42. The van der Waals surface area contributed by atoms with Gasteiger partial charge in [0.1, 0.15) is 11.6 Å². The van der Waals surface area contributed by atoms with E-state index in [0.717, 1.165) is 0 Å². The standard InChI is InChI=1S/C6H7Cl2N3S/c1-12-6-10-4(2-7)9-5(3-8)11-6/h2-3H2,1H3. The molecule has 6 heteroatoms. The lowest BCUT2D eigenvalue weighted by molar-refractivity contribution is 0.805. The van der Waals surface area contributed by atoms with E-state index in [9.17, 15) is 0 Å². The van der Waals surface area contributed by atoms with Gasteiger partial charge in [0.05, 0.1) is 11.8 Å². The highest BCUT2D eigenvalue weighted by molar-refractivity contribution is 7.98. The second-order valence-corrected chi connectivity index (χ2v) is 3.23. The van der Waals surface area contributed by atoms with Gasteiger partial charge in [-0.25, -0.2) is 15.0 Å². The van der Waals surface area contributed by atoms with Crippen LogP contribution in [0.15, 0.2) is 5.16 Å². The molecule has 3 nitrogen and oxygen atoms in total. The number of alkyl halides is 2. The molecule has 0 aliphatic heterocycles. The smallest absolute Gasteiger partial charge is 0.190 e. The van der Waals surface area contributed by atoms with Crippen molar-refractivity contribution in [1.82, 2.24) is 15.0 Å². The SMILES string of the molecule is CSc1nc(CCl)nc(CCl)n1. The van der Waals surface area contributed by atoms with E-state index >= 15 is 0 Å². The molecule has 0 spiro atoms. The molecule has 0 unspecified atom stereocenters. The maximum atomic E-state index is 5.58. The molecule has 66 valence electrons. The maximum Gasteiger partial charge on any atom is 0.190 e. The first-order valence-corrected chi connectivity index (χ1v) is 5.49. The van der Waals surface area contributed by atoms with E-state index in [1.54, 1.807) is 0 Å². The Hall–Kier alpha value is -0.0600. The second-order valence-electron chi connectivity index (χ2n) is 1.92. The summed E-state index contributed by atoms with van der Waals surface area (Å²) in [5, 5.41) is 0.663. The molecule has 0 N–H and O–H groups in total. The summed E-state index contributed by atoms with van der Waals surface area (Å²) in [6.07, 6.45) is 1.89. The Morgan fingerprint density at radius 2 is 1.58 bits per heavy atom. The van der Waals surface area contributed by atoms with Crippen LogP contribution in [0.5, 0.6) is 0 Å². The Morgan fingerprint density at radius 3 is 1.92 bits per heavy atom. The van der Waals surface area contributed by atoms with Crippen LogP contribution in [-0.4, -0.2) is 21.2 Å². The van der Waals surface area contributed by atoms with Gasteiger partial charge < -0.3 is 0 Å². The van der Waals surface area contributed by atoms with Crippen molar-refractivity contribution in [3.8, 4) is 0 Å². The molecule has 1 aromatic rings. The van der Waals surface area contributed by atoms with Crippen LogP contribution in [0.1, 0.15) is 11.6 Å². The van der Waals surface area contributed by atoms with Crippen molar-refractivity contribution in [2.75, 3.05) is 6.26 Å². The first kappa shape index (κ1) is 10.0. The average Bonchev–Trinajstić information content (AvgIpc) is 2.16. The Morgan fingerprint density at radius 1 is 1.08 bits per heavy atom. The van der Waals surface area contributed by atoms with Crippen LogP contribution in [0, 0.1) is 0 Å². The summed E-state index contributed by atoms with van der Waals surface area (Å²) in [6.45, 7) is 0. The summed E-state index contributed by atoms with van der Waals surface area (Å²) in [7, 11) is 0. The molecule has 0 atom stereocenters. The van der Waals surface area contributed by atoms with Crippen molar-refractivity contribution in [2.45, 2.75) is 16.9 Å². The molecular formula is C6H7Cl2N3S. The fourth-order valence-corrected chi connectivity index (χ4v) is 1.29. The van der Waals surface area contributed by atoms with E-state index < -0.39 is 0 Å². The number of nitrogens with zero attached hydrogens (tertiary/aromatic N) is 3. The third-order valence-corrected chi connectivity index (χ3v) is 2.15. The number of halogens is 2. The first-order valence-electron chi connectivity index (χ1n) is 3.20.